The normalized spacial score (nSPS) is 19.3. The average Bonchev–Trinajstić information content (AvgIpc) is 4.00. The Hall–Kier alpha value is -4.58. The summed E-state index contributed by atoms with van der Waals surface area (Å²) in [5.74, 6) is 3.37. The minimum atomic E-state index is -2.31. The predicted octanol–water partition coefficient (Wildman–Crippen LogP) is 11.2. The molecule has 4 heterocycles. The number of benzene rings is 2. The number of hydrogen-bond acceptors (Lipinski definition) is 10. The number of likely N-dealkylation sites (tertiary alicyclic amines) is 1. The van der Waals surface area contributed by atoms with Crippen molar-refractivity contribution >= 4 is 41.7 Å². The molecule has 0 spiro atoms. The SMILES string of the molecule is COCOc1cc(-c2ncc3c(N4CCC[C@@](C)(O)C4)nc(OCC4(CC5CCN(C(=O)OC(C)(C)C)CC5)CC4)nc3c2F)c2c(C#C[Si](C(C)C)(C(C)C)C(C)C)c(F)ccc2c1. The number of fused-ring (bicyclic) bond motifs is 2. The van der Waals surface area contributed by atoms with E-state index in [0.717, 1.165) is 32.1 Å². The van der Waals surface area contributed by atoms with Gasteiger partial charge in [-0.1, -0.05) is 53.5 Å². The van der Waals surface area contributed by atoms with Crippen LogP contribution in [0.3, 0.4) is 0 Å². The lowest BCUT2D eigenvalue weighted by Crippen LogP contribution is -2.46. The number of piperidine rings is 2. The molecular weight excluding hydrogens is 845 g/mol. The van der Waals surface area contributed by atoms with Crippen LogP contribution in [-0.2, 0) is 9.47 Å². The van der Waals surface area contributed by atoms with E-state index in [0.29, 0.717) is 94.9 Å². The number of carbonyl (C=O) groups excluding carboxylic acids is 1. The van der Waals surface area contributed by atoms with Crippen LogP contribution in [0.1, 0.15) is 120 Å². The van der Waals surface area contributed by atoms with Crippen LogP contribution in [0.4, 0.5) is 19.4 Å². The first-order valence-electron chi connectivity index (χ1n) is 23.5. The van der Waals surface area contributed by atoms with Crippen molar-refractivity contribution in [3.05, 3.63) is 47.7 Å². The van der Waals surface area contributed by atoms with E-state index in [9.17, 15) is 9.90 Å². The molecule has 2 aromatic heterocycles. The fourth-order valence-electron chi connectivity index (χ4n) is 10.5. The van der Waals surface area contributed by atoms with Gasteiger partial charge in [0.25, 0.3) is 0 Å². The third kappa shape index (κ3) is 10.5. The molecule has 3 fully saturated rings. The summed E-state index contributed by atoms with van der Waals surface area (Å²) >= 11 is 0. The fourth-order valence-corrected chi connectivity index (χ4v) is 15.7. The van der Waals surface area contributed by atoms with Gasteiger partial charge in [-0.05, 0) is 119 Å². The number of nitrogens with zero attached hydrogens (tertiary/aromatic N) is 5. The number of halogens is 2. The number of aromatic nitrogens is 3. The molecule has 4 aromatic rings. The number of β-amino-alcohol motifs (C(OH)–C–C–N with tert-alkyl or cyclic N) is 1. The highest BCUT2D eigenvalue weighted by atomic mass is 28.3. The Labute approximate surface area is 385 Å². The molecule has 1 atom stereocenters. The highest BCUT2D eigenvalue weighted by Gasteiger charge is 2.46. The highest BCUT2D eigenvalue weighted by Crippen LogP contribution is 2.52. The van der Waals surface area contributed by atoms with E-state index in [1.807, 2.05) is 25.7 Å². The second-order valence-corrected chi connectivity index (χ2v) is 26.7. The van der Waals surface area contributed by atoms with Gasteiger partial charge in [0.05, 0.1) is 23.2 Å². The van der Waals surface area contributed by atoms with Crippen molar-refractivity contribution in [2.75, 3.05) is 51.6 Å². The van der Waals surface area contributed by atoms with E-state index in [1.54, 1.807) is 36.2 Å². The van der Waals surface area contributed by atoms with Crippen molar-refractivity contribution in [2.24, 2.45) is 11.3 Å². The first kappa shape index (κ1) is 48.4. The Morgan fingerprint density at radius 1 is 0.985 bits per heavy atom. The Balaban J connectivity index is 1.29. The van der Waals surface area contributed by atoms with Crippen molar-refractivity contribution in [2.45, 2.75) is 142 Å². The van der Waals surface area contributed by atoms with Gasteiger partial charge >= 0.3 is 12.1 Å². The molecule has 2 saturated heterocycles. The fraction of sp³-hybridized carbons (Fsp3) is 0.608. The smallest absolute Gasteiger partial charge is 0.410 e. The van der Waals surface area contributed by atoms with Crippen molar-refractivity contribution < 1.29 is 37.6 Å². The average molecular weight is 914 g/mol. The number of ether oxygens (including phenoxy) is 4. The minimum Gasteiger partial charge on any atom is -0.468 e. The molecule has 1 saturated carbocycles. The number of carbonyl (C=O) groups is 1. The highest BCUT2D eigenvalue weighted by molar-refractivity contribution is 6.90. The second kappa shape index (κ2) is 19.0. The maximum absolute atomic E-state index is 17.7. The van der Waals surface area contributed by atoms with Crippen LogP contribution in [0.5, 0.6) is 11.8 Å². The molecule has 2 aliphatic heterocycles. The second-order valence-electron chi connectivity index (χ2n) is 21.1. The van der Waals surface area contributed by atoms with Gasteiger partial charge < -0.3 is 33.9 Å². The van der Waals surface area contributed by atoms with Crippen LogP contribution in [0.25, 0.3) is 32.9 Å². The maximum Gasteiger partial charge on any atom is 0.410 e. The van der Waals surface area contributed by atoms with Gasteiger partial charge in [-0.3, -0.25) is 4.98 Å². The van der Waals surface area contributed by atoms with E-state index < -0.39 is 30.9 Å². The summed E-state index contributed by atoms with van der Waals surface area (Å²) in [5, 5.41) is 12.6. The molecule has 7 rings (SSSR count). The van der Waals surface area contributed by atoms with Gasteiger partial charge in [-0.2, -0.15) is 9.97 Å². The number of methoxy groups -OCH3 is 1. The van der Waals surface area contributed by atoms with Crippen LogP contribution in [0, 0.1) is 34.4 Å². The Morgan fingerprint density at radius 2 is 1.68 bits per heavy atom. The van der Waals surface area contributed by atoms with Crippen LogP contribution in [-0.4, -0.2) is 97.0 Å². The first-order valence-corrected chi connectivity index (χ1v) is 25.7. The third-order valence-electron chi connectivity index (χ3n) is 14.0. The van der Waals surface area contributed by atoms with Crippen LogP contribution in [0.2, 0.25) is 16.6 Å². The lowest BCUT2D eigenvalue weighted by Gasteiger charge is -2.38. The van der Waals surface area contributed by atoms with E-state index in [1.165, 1.54) is 13.2 Å². The van der Waals surface area contributed by atoms with Crippen LogP contribution < -0.4 is 14.4 Å². The standard InChI is InChI=1S/C51H69F2N5O6Si/c1-32(2)65(33(3)4,34(5)6)24-17-38-41(52)14-13-36-25-37(63-31-61-11)26-39(42(36)38)44-43(53)45-40(28-54-44)46(58-21-12-18-50(10,60)29-58)56-47(55-45)62-30-51(19-20-51)27-35-15-22-57(23-16-35)48(59)64-49(7,8)9/h13-14,25-26,28,32-35,60H,12,15-16,18-23,27,29-31H2,1-11H3/t50-/m1/s1. The van der Waals surface area contributed by atoms with Crippen molar-refractivity contribution in [1.29, 1.82) is 0 Å². The van der Waals surface area contributed by atoms with Crippen LogP contribution >= 0.6 is 0 Å². The summed E-state index contributed by atoms with van der Waals surface area (Å²) in [6.45, 7) is 23.2. The zero-order chi connectivity index (χ0) is 47.1. The molecule has 2 aromatic carbocycles. The summed E-state index contributed by atoms with van der Waals surface area (Å²) in [6, 6.07) is 6.54. The first-order chi connectivity index (χ1) is 30.7. The van der Waals surface area contributed by atoms with E-state index >= 15 is 8.78 Å². The summed E-state index contributed by atoms with van der Waals surface area (Å²) in [4.78, 5) is 30.9. The Bertz CT molecular complexity index is 2430. The largest absolute Gasteiger partial charge is 0.468 e. The number of aliphatic hydroxyl groups is 1. The molecule has 0 unspecified atom stereocenters. The molecule has 1 N–H and O–H groups in total. The lowest BCUT2D eigenvalue weighted by atomic mass is 9.86. The molecule has 3 aliphatic rings. The zero-order valence-electron chi connectivity index (χ0n) is 40.4. The summed E-state index contributed by atoms with van der Waals surface area (Å²) in [7, 11) is -0.789. The number of anilines is 1. The molecule has 352 valence electrons. The van der Waals surface area contributed by atoms with Gasteiger partial charge in [-0.25, -0.2) is 13.6 Å². The summed E-state index contributed by atoms with van der Waals surface area (Å²) < 4.78 is 57.3. The van der Waals surface area contributed by atoms with E-state index in [-0.39, 0.29) is 47.6 Å². The van der Waals surface area contributed by atoms with Gasteiger partial charge in [0.15, 0.2) is 12.6 Å². The molecule has 1 aliphatic carbocycles. The van der Waals surface area contributed by atoms with Crippen LogP contribution in [0.15, 0.2) is 30.5 Å². The summed E-state index contributed by atoms with van der Waals surface area (Å²) in [6.07, 6.45) is 7.31. The quantitative estimate of drug-likeness (QED) is 0.0789. The molecule has 0 radical (unpaired) electrons. The van der Waals surface area contributed by atoms with Gasteiger partial charge in [0.1, 0.15) is 42.3 Å². The topological polar surface area (TPSA) is 119 Å². The monoisotopic (exact) mass is 913 g/mol. The molecule has 0 bridgehead atoms. The molecule has 14 heteroatoms. The van der Waals surface area contributed by atoms with Gasteiger partial charge in [0, 0.05) is 55.9 Å². The van der Waals surface area contributed by atoms with E-state index in [4.69, 9.17) is 33.9 Å². The van der Waals surface area contributed by atoms with E-state index in [2.05, 4.69) is 53.0 Å². The van der Waals surface area contributed by atoms with Gasteiger partial charge in [-0.15, -0.1) is 5.54 Å². The minimum absolute atomic E-state index is 0.00539. The molecular formula is C51H69F2N5O6Si. The zero-order valence-corrected chi connectivity index (χ0v) is 41.4. The third-order valence-corrected chi connectivity index (χ3v) is 20.3. The summed E-state index contributed by atoms with van der Waals surface area (Å²) in [5.41, 5.74) is 3.48. The van der Waals surface area contributed by atoms with Crippen molar-refractivity contribution in [3.8, 4) is 34.5 Å². The number of pyridine rings is 1. The maximum atomic E-state index is 17.7. The number of amides is 1. The molecule has 11 nitrogen and oxygen atoms in total. The lowest BCUT2D eigenvalue weighted by molar-refractivity contribution is 0.0168. The van der Waals surface area contributed by atoms with Crippen molar-refractivity contribution in [3.63, 3.8) is 0 Å². The Kier molecular flexibility index (Phi) is 14.1. The predicted molar refractivity (Wildman–Crippen MR) is 255 cm³/mol. The molecule has 1 amide bonds. The number of rotatable bonds is 13. The number of hydrogen-bond donors (Lipinski definition) is 1. The Morgan fingerprint density at radius 3 is 2.29 bits per heavy atom. The van der Waals surface area contributed by atoms with Crippen molar-refractivity contribution in [1.82, 2.24) is 19.9 Å². The van der Waals surface area contributed by atoms with Gasteiger partial charge in [0.2, 0.25) is 0 Å². The molecule has 65 heavy (non-hydrogen) atoms.